The molecular weight excluding hydrogens is 311 g/mol. The monoisotopic (exact) mass is 334 g/mol. The summed E-state index contributed by atoms with van der Waals surface area (Å²) in [6.45, 7) is 4.30. The Morgan fingerprint density at radius 3 is 1.42 bits per heavy atom. The molecule has 1 nitrogen and oxygen atoms in total. The third-order valence-corrected chi connectivity index (χ3v) is 8.63. The minimum atomic E-state index is -2.74. The molecule has 0 aliphatic rings. The first-order valence-electron chi connectivity index (χ1n) is 8.40. The first-order chi connectivity index (χ1) is 11.6. The Hall–Kier alpha value is -2.11. The van der Waals surface area contributed by atoms with Gasteiger partial charge < -0.3 is 4.57 Å². The topological polar surface area (TPSA) is 17.1 Å². The van der Waals surface area contributed by atoms with Crippen LogP contribution in [0.1, 0.15) is 25.3 Å². The van der Waals surface area contributed by atoms with E-state index in [0.29, 0.717) is 0 Å². The minimum absolute atomic E-state index is 0.0182. The molecular formula is C22H23OP. The van der Waals surface area contributed by atoms with Crippen molar-refractivity contribution < 1.29 is 4.57 Å². The molecule has 2 atom stereocenters. The number of rotatable bonds is 5. The van der Waals surface area contributed by atoms with E-state index in [4.69, 9.17) is 0 Å². The van der Waals surface area contributed by atoms with E-state index >= 15 is 0 Å². The predicted octanol–water partition coefficient (Wildman–Crippen LogP) is 5.19. The Labute approximate surface area is 144 Å². The van der Waals surface area contributed by atoms with Gasteiger partial charge in [-0.15, -0.1) is 0 Å². The molecule has 0 unspecified atom stereocenters. The second kappa shape index (κ2) is 7.20. The summed E-state index contributed by atoms with van der Waals surface area (Å²) < 4.78 is 14.3. The van der Waals surface area contributed by atoms with Crippen molar-refractivity contribution >= 4 is 17.8 Å². The Morgan fingerprint density at radius 1 is 0.625 bits per heavy atom. The summed E-state index contributed by atoms with van der Waals surface area (Å²) >= 11 is 0. The van der Waals surface area contributed by atoms with E-state index in [0.717, 1.165) is 10.6 Å². The number of hydrogen-bond donors (Lipinski definition) is 0. The largest absolute Gasteiger partial charge is 0.313 e. The summed E-state index contributed by atoms with van der Waals surface area (Å²) in [5.74, 6) is 0.206. The molecule has 0 fully saturated rings. The molecule has 0 radical (unpaired) electrons. The average molecular weight is 334 g/mol. The second-order valence-electron chi connectivity index (χ2n) is 6.27. The minimum Gasteiger partial charge on any atom is -0.313 e. The highest BCUT2D eigenvalue weighted by Crippen LogP contribution is 2.53. The molecule has 0 saturated carbocycles. The van der Waals surface area contributed by atoms with Crippen molar-refractivity contribution in [2.24, 2.45) is 0 Å². The zero-order valence-electron chi connectivity index (χ0n) is 14.2. The van der Waals surface area contributed by atoms with Crippen LogP contribution in [0.2, 0.25) is 0 Å². The van der Waals surface area contributed by atoms with E-state index in [-0.39, 0.29) is 11.6 Å². The molecule has 0 amide bonds. The molecule has 0 heterocycles. The van der Waals surface area contributed by atoms with Gasteiger partial charge in [-0.05, 0) is 11.5 Å². The predicted molar refractivity (Wildman–Crippen MR) is 104 cm³/mol. The van der Waals surface area contributed by atoms with Crippen LogP contribution in [0, 0.1) is 0 Å². The van der Waals surface area contributed by atoms with E-state index in [1.165, 1.54) is 5.56 Å². The maximum atomic E-state index is 14.3. The standard InChI is InChI=1S/C22H23OP/c1-18(20-12-6-3-7-13-20)19(2)24(23,21-14-8-4-9-15-21)22-16-10-5-11-17-22/h3-19H,1-2H3/t18-,19-/m1/s1. The van der Waals surface area contributed by atoms with Gasteiger partial charge in [0.15, 0.2) is 0 Å². The highest BCUT2D eigenvalue weighted by molar-refractivity contribution is 7.79. The average Bonchev–Trinajstić information content (AvgIpc) is 2.68. The van der Waals surface area contributed by atoms with Crippen LogP contribution in [0.4, 0.5) is 0 Å². The lowest BCUT2D eigenvalue weighted by Gasteiger charge is -2.30. The molecule has 0 bridgehead atoms. The Bertz CT molecular complexity index is 769. The first kappa shape index (κ1) is 16.7. The van der Waals surface area contributed by atoms with Gasteiger partial charge in [0.25, 0.3) is 0 Å². The summed E-state index contributed by atoms with van der Waals surface area (Å²) in [6, 6.07) is 30.2. The fraction of sp³-hybridized carbons (Fsp3) is 0.182. The molecule has 3 aromatic rings. The van der Waals surface area contributed by atoms with Crippen molar-refractivity contribution in [1.29, 1.82) is 0 Å². The molecule has 0 spiro atoms. The smallest absolute Gasteiger partial charge is 0.146 e. The van der Waals surface area contributed by atoms with Crippen molar-refractivity contribution in [3.05, 3.63) is 96.6 Å². The summed E-state index contributed by atoms with van der Waals surface area (Å²) in [6.07, 6.45) is 0. The first-order valence-corrected chi connectivity index (χ1v) is 10.2. The fourth-order valence-corrected chi connectivity index (χ4v) is 6.54. The highest BCUT2D eigenvalue weighted by atomic mass is 31.2. The second-order valence-corrected chi connectivity index (χ2v) is 9.43. The SMILES string of the molecule is C[C@H]([C@@H](C)c1ccccc1)P(=O)(c1ccccc1)c1ccccc1. The van der Waals surface area contributed by atoms with E-state index < -0.39 is 7.14 Å². The highest BCUT2D eigenvalue weighted by Gasteiger charge is 2.37. The van der Waals surface area contributed by atoms with E-state index in [1.807, 2.05) is 66.7 Å². The van der Waals surface area contributed by atoms with Crippen LogP contribution in [0.15, 0.2) is 91.0 Å². The van der Waals surface area contributed by atoms with Gasteiger partial charge in [-0.2, -0.15) is 0 Å². The zero-order valence-corrected chi connectivity index (χ0v) is 15.1. The molecule has 0 aliphatic heterocycles. The van der Waals surface area contributed by atoms with Gasteiger partial charge in [0.05, 0.1) is 0 Å². The quantitative estimate of drug-likeness (QED) is 0.587. The molecule has 2 heteroatoms. The van der Waals surface area contributed by atoms with Gasteiger partial charge in [-0.25, -0.2) is 0 Å². The summed E-state index contributed by atoms with van der Waals surface area (Å²) in [5, 5.41) is 1.87. The van der Waals surface area contributed by atoms with Gasteiger partial charge in [-0.3, -0.25) is 0 Å². The third kappa shape index (κ3) is 3.09. The summed E-state index contributed by atoms with van der Waals surface area (Å²) in [4.78, 5) is 0. The van der Waals surface area contributed by atoms with Crippen LogP contribution in [-0.4, -0.2) is 5.66 Å². The molecule has 122 valence electrons. The van der Waals surface area contributed by atoms with E-state index in [2.05, 4.69) is 38.1 Å². The third-order valence-electron chi connectivity index (χ3n) is 4.90. The van der Waals surface area contributed by atoms with Crippen LogP contribution < -0.4 is 10.6 Å². The van der Waals surface area contributed by atoms with Gasteiger partial charge in [0.1, 0.15) is 7.14 Å². The van der Waals surface area contributed by atoms with Crippen LogP contribution in [0.3, 0.4) is 0 Å². The van der Waals surface area contributed by atoms with E-state index in [1.54, 1.807) is 0 Å². The van der Waals surface area contributed by atoms with Crippen molar-refractivity contribution in [3.8, 4) is 0 Å². The molecule has 0 aliphatic carbocycles. The van der Waals surface area contributed by atoms with Crippen LogP contribution in [0.25, 0.3) is 0 Å². The number of hydrogen-bond acceptors (Lipinski definition) is 1. The van der Waals surface area contributed by atoms with Gasteiger partial charge in [0, 0.05) is 16.3 Å². The molecule has 24 heavy (non-hydrogen) atoms. The zero-order chi connectivity index (χ0) is 17.0. The van der Waals surface area contributed by atoms with Gasteiger partial charge in [-0.1, -0.05) is 105 Å². The van der Waals surface area contributed by atoms with Crippen LogP contribution in [0.5, 0.6) is 0 Å². The summed E-state index contributed by atoms with van der Waals surface area (Å²) in [7, 11) is -2.74. The van der Waals surface area contributed by atoms with Crippen molar-refractivity contribution in [3.63, 3.8) is 0 Å². The molecule has 0 N–H and O–H groups in total. The summed E-state index contributed by atoms with van der Waals surface area (Å²) in [5.41, 5.74) is 1.25. The van der Waals surface area contributed by atoms with Crippen LogP contribution >= 0.6 is 7.14 Å². The molecule has 3 rings (SSSR count). The van der Waals surface area contributed by atoms with Crippen molar-refractivity contribution in [2.75, 3.05) is 0 Å². The molecule has 0 aromatic heterocycles. The molecule has 3 aromatic carbocycles. The maximum Gasteiger partial charge on any atom is 0.146 e. The lowest BCUT2D eigenvalue weighted by molar-refractivity contribution is 0.570. The normalized spacial score (nSPS) is 14.1. The van der Waals surface area contributed by atoms with Crippen LogP contribution in [-0.2, 0) is 4.57 Å². The van der Waals surface area contributed by atoms with Gasteiger partial charge >= 0.3 is 0 Å². The van der Waals surface area contributed by atoms with Gasteiger partial charge in [0.2, 0.25) is 0 Å². The lowest BCUT2D eigenvalue weighted by Crippen LogP contribution is -2.27. The lowest BCUT2D eigenvalue weighted by atomic mass is 9.98. The Kier molecular flexibility index (Phi) is 5.02. The van der Waals surface area contributed by atoms with E-state index in [9.17, 15) is 4.57 Å². The Morgan fingerprint density at radius 2 is 1.00 bits per heavy atom. The molecule has 0 saturated heterocycles. The van der Waals surface area contributed by atoms with Crippen molar-refractivity contribution in [2.45, 2.75) is 25.4 Å². The fourth-order valence-electron chi connectivity index (χ4n) is 3.27. The number of benzene rings is 3. The Balaban J connectivity index is 2.11. The maximum absolute atomic E-state index is 14.3. The van der Waals surface area contributed by atoms with Crippen molar-refractivity contribution in [1.82, 2.24) is 0 Å².